The number of hydrogen-bond donors (Lipinski definition) is 1. The lowest BCUT2D eigenvalue weighted by Gasteiger charge is -2.41. The second-order valence-corrected chi connectivity index (χ2v) is 5.31. The Morgan fingerprint density at radius 1 is 1.40 bits per heavy atom. The molecule has 2 saturated heterocycles. The maximum atomic E-state index is 6.06. The van der Waals surface area contributed by atoms with Crippen molar-refractivity contribution in [2.45, 2.75) is 44.2 Å². The molecule has 2 fully saturated rings. The van der Waals surface area contributed by atoms with E-state index in [2.05, 4.69) is 23.8 Å². The first-order valence-corrected chi connectivity index (χ1v) is 6.37. The van der Waals surface area contributed by atoms with Crippen LogP contribution in [0.2, 0.25) is 0 Å². The van der Waals surface area contributed by atoms with Crippen molar-refractivity contribution in [3.63, 3.8) is 0 Å². The third-order valence-corrected chi connectivity index (χ3v) is 4.36. The largest absolute Gasteiger partial charge is 0.329 e. The molecule has 0 saturated carbocycles. The lowest BCUT2D eigenvalue weighted by molar-refractivity contribution is 0.0859. The minimum Gasteiger partial charge on any atom is -0.329 e. The van der Waals surface area contributed by atoms with Crippen LogP contribution >= 0.6 is 0 Å². The molecular weight excluding hydrogens is 186 g/mol. The normalized spacial score (nSPS) is 39.0. The molecule has 0 aromatic carbocycles. The molecular formula is C12H25N3. The van der Waals surface area contributed by atoms with Gasteiger partial charge in [-0.2, -0.15) is 0 Å². The van der Waals surface area contributed by atoms with Gasteiger partial charge in [-0.25, -0.2) is 0 Å². The Hall–Kier alpha value is -0.120. The number of nitrogens with two attached hydrogens (primary N) is 1. The molecule has 0 aliphatic carbocycles. The summed E-state index contributed by atoms with van der Waals surface area (Å²) in [5, 5.41) is 0. The third-order valence-electron chi connectivity index (χ3n) is 4.36. The summed E-state index contributed by atoms with van der Waals surface area (Å²) in [6, 6.07) is 0.792. The molecule has 2 unspecified atom stereocenters. The Bertz CT molecular complexity index is 219. The molecule has 2 aliphatic heterocycles. The first kappa shape index (κ1) is 11.4. The van der Waals surface area contributed by atoms with Crippen molar-refractivity contribution >= 4 is 0 Å². The van der Waals surface area contributed by atoms with Crippen LogP contribution < -0.4 is 5.73 Å². The van der Waals surface area contributed by atoms with Gasteiger partial charge < -0.3 is 10.6 Å². The summed E-state index contributed by atoms with van der Waals surface area (Å²) < 4.78 is 0. The van der Waals surface area contributed by atoms with E-state index in [-0.39, 0.29) is 0 Å². The van der Waals surface area contributed by atoms with Gasteiger partial charge in [0.2, 0.25) is 0 Å². The molecule has 3 heteroatoms. The summed E-state index contributed by atoms with van der Waals surface area (Å²) in [7, 11) is 2.22. The SMILES string of the molecule is CCC1CCCN1C1(CN)CCN(C)C1. The Balaban J connectivity index is 2.11. The van der Waals surface area contributed by atoms with Crippen molar-refractivity contribution in [1.29, 1.82) is 0 Å². The van der Waals surface area contributed by atoms with Crippen LogP contribution in [-0.4, -0.2) is 54.6 Å². The van der Waals surface area contributed by atoms with E-state index in [1.165, 1.54) is 45.3 Å². The minimum absolute atomic E-state index is 0.298. The van der Waals surface area contributed by atoms with Crippen LogP contribution in [0.3, 0.4) is 0 Å². The summed E-state index contributed by atoms with van der Waals surface area (Å²) in [5.41, 5.74) is 6.36. The van der Waals surface area contributed by atoms with E-state index in [1.54, 1.807) is 0 Å². The molecule has 3 nitrogen and oxygen atoms in total. The molecule has 2 N–H and O–H groups in total. The maximum absolute atomic E-state index is 6.06. The molecule has 0 radical (unpaired) electrons. The smallest absolute Gasteiger partial charge is 0.0473 e. The molecule has 2 atom stereocenters. The average Bonchev–Trinajstić information content (AvgIpc) is 2.84. The summed E-state index contributed by atoms with van der Waals surface area (Å²) in [6.45, 7) is 6.79. The van der Waals surface area contributed by atoms with Gasteiger partial charge in [-0.05, 0) is 45.8 Å². The van der Waals surface area contributed by atoms with Crippen LogP contribution in [0.15, 0.2) is 0 Å². The van der Waals surface area contributed by atoms with Gasteiger partial charge in [0.1, 0.15) is 0 Å². The fourth-order valence-electron chi connectivity index (χ4n) is 3.46. The van der Waals surface area contributed by atoms with Crippen molar-refractivity contribution in [2.75, 3.05) is 33.2 Å². The minimum atomic E-state index is 0.298. The van der Waals surface area contributed by atoms with E-state index in [1.807, 2.05) is 0 Å². The predicted molar refractivity (Wildman–Crippen MR) is 63.9 cm³/mol. The highest BCUT2D eigenvalue weighted by Crippen LogP contribution is 2.34. The second kappa shape index (κ2) is 4.40. The standard InChI is InChI=1S/C12H25N3/c1-3-11-5-4-7-15(11)12(9-13)6-8-14(2)10-12/h11H,3-10,13H2,1-2H3. The molecule has 2 rings (SSSR count). The number of rotatable bonds is 3. The lowest BCUT2D eigenvalue weighted by atomic mass is 9.94. The summed E-state index contributed by atoms with van der Waals surface area (Å²) in [4.78, 5) is 5.15. The molecule has 15 heavy (non-hydrogen) atoms. The van der Waals surface area contributed by atoms with Crippen molar-refractivity contribution in [2.24, 2.45) is 5.73 Å². The van der Waals surface area contributed by atoms with Gasteiger partial charge in [-0.1, -0.05) is 6.92 Å². The second-order valence-electron chi connectivity index (χ2n) is 5.31. The first-order chi connectivity index (χ1) is 7.22. The zero-order valence-corrected chi connectivity index (χ0v) is 10.2. The Morgan fingerprint density at radius 2 is 2.20 bits per heavy atom. The quantitative estimate of drug-likeness (QED) is 0.752. The molecule has 0 bridgehead atoms. The number of hydrogen-bond acceptors (Lipinski definition) is 3. The molecule has 2 aliphatic rings. The molecule has 0 amide bonds. The van der Waals surface area contributed by atoms with Gasteiger partial charge in [0.15, 0.2) is 0 Å². The van der Waals surface area contributed by atoms with Gasteiger partial charge in [0, 0.05) is 24.7 Å². The summed E-state index contributed by atoms with van der Waals surface area (Å²) in [6.07, 6.45) is 5.29. The van der Waals surface area contributed by atoms with Crippen molar-refractivity contribution in [1.82, 2.24) is 9.80 Å². The van der Waals surface area contributed by atoms with Crippen molar-refractivity contribution in [3.8, 4) is 0 Å². The van der Waals surface area contributed by atoms with Crippen molar-refractivity contribution < 1.29 is 0 Å². The van der Waals surface area contributed by atoms with Crippen LogP contribution in [0, 0.1) is 0 Å². The van der Waals surface area contributed by atoms with Gasteiger partial charge in [0.05, 0.1) is 0 Å². The van der Waals surface area contributed by atoms with E-state index >= 15 is 0 Å². The molecule has 0 aromatic rings. The molecule has 2 heterocycles. The summed E-state index contributed by atoms with van der Waals surface area (Å²) >= 11 is 0. The van der Waals surface area contributed by atoms with Gasteiger partial charge in [-0.15, -0.1) is 0 Å². The zero-order chi connectivity index (χ0) is 10.9. The Labute approximate surface area is 93.6 Å². The molecule has 0 spiro atoms. The van der Waals surface area contributed by atoms with Gasteiger partial charge in [-0.3, -0.25) is 4.90 Å². The van der Waals surface area contributed by atoms with E-state index in [9.17, 15) is 0 Å². The van der Waals surface area contributed by atoms with Gasteiger partial charge in [0.25, 0.3) is 0 Å². The Morgan fingerprint density at radius 3 is 2.73 bits per heavy atom. The Kier molecular flexibility index (Phi) is 3.33. The number of likely N-dealkylation sites (N-methyl/N-ethyl adjacent to an activating group) is 1. The zero-order valence-electron chi connectivity index (χ0n) is 10.2. The highest BCUT2D eigenvalue weighted by Gasteiger charge is 2.44. The van der Waals surface area contributed by atoms with Crippen LogP contribution in [0.4, 0.5) is 0 Å². The monoisotopic (exact) mass is 211 g/mol. The highest BCUT2D eigenvalue weighted by atomic mass is 15.3. The molecule has 88 valence electrons. The lowest BCUT2D eigenvalue weighted by Crippen LogP contribution is -2.57. The van der Waals surface area contributed by atoms with Crippen molar-refractivity contribution in [3.05, 3.63) is 0 Å². The van der Waals surface area contributed by atoms with Crippen LogP contribution in [0.1, 0.15) is 32.6 Å². The van der Waals surface area contributed by atoms with E-state index in [4.69, 9.17) is 5.73 Å². The van der Waals surface area contributed by atoms with E-state index in [0.717, 1.165) is 12.6 Å². The van der Waals surface area contributed by atoms with Crippen LogP contribution in [0.25, 0.3) is 0 Å². The number of likely N-dealkylation sites (tertiary alicyclic amines) is 2. The molecule has 0 aromatic heterocycles. The predicted octanol–water partition coefficient (Wildman–Crippen LogP) is 0.894. The fourth-order valence-corrected chi connectivity index (χ4v) is 3.46. The average molecular weight is 211 g/mol. The highest BCUT2D eigenvalue weighted by molar-refractivity contribution is 5.02. The topological polar surface area (TPSA) is 32.5 Å². The van der Waals surface area contributed by atoms with Gasteiger partial charge >= 0.3 is 0 Å². The maximum Gasteiger partial charge on any atom is 0.0473 e. The third kappa shape index (κ3) is 1.93. The number of nitrogens with zero attached hydrogens (tertiary/aromatic N) is 2. The fraction of sp³-hybridized carbons (Fsp3) is 1.00. The first-order valence-electron chi connectivity index (χ1n) is 6.37. The van der Waals surface area contributed by atoms with E-state index in [0.29, 0.717) is 5.54 Å². The van der Waals surface area contributed by atoms with E-state index < -0.39 is 0 Å². The van der Waals surface area contributed by atoms with Crippen LogP contribution in [0.5, 0.6) is 0 Å². The summed E-state index contributed by atoms with van der Waals surface area (Å²) in [5.74, 6) is 0. The van der Waals surface area contributed by atoms with Crippen LogP contribution in [-0.2, 0) is 0 Å².